The standard InChI is InChI=1S/C15H19ClN2O2S/c16-12-7-6-11(21-12)9-18-13(19)8-17-15(20)14(18)10-4-2-1-3-5-10/h6-7,10,14H,1-5,8-9H2,(H,17,20). The molecule has 21 heavy (non-hydrogen) atoms. The molecule has 1 saturated carbocycles. The molecule has 2 heterocycles. The quantitative estimate of drug-likeness (QED) is 0.928. The van der Waals surface area contributed by atoms with Crippen molar-refractivity contribution < 1.29 is 9.59 Å². The van der Waals surface area contributed by atoms with Crippen LogP contribution in [0.1, 0.15) is 37.0 Å². The van der Waals surface area contributed by atoms with Crippen LogP contribution in [-0.4, -0.2) is 29.3 Å². The van der Waals surface area contributed by atoms with Crippen LogP contribution < -0.4 is 5.32 Å². The SMILES string of the molecule is O=C1NCC(=O)N(Cc2ccc(Cl)s2)C1C1CCCCC1. The van der Waals surface area contributed by atoms with Gasteiger partial charge in [-0.1, -0.05) is 30.9 Å². The predicted octanol–water partition coefficient (Wildman–Crippen LogP) is 2.81. The summed E-state index contributed by atoms with van der Waals surface area (Å²) in [6.45, 7) is 0.603. The molecule has 0 spiro atoms. The molecule has 1 atom stereocenters. The lowest BCUT2D eigenvalue weighted by atomic mass is 9.82. The number of nitrogens with one attached hydrogen (secondary N) is 1. The van der Waals surface area contributed by atoms with Gasteiger partial charge in [-0.2, -0.15) is 0 Å². The van der Waals surface area contributed by atoms with Crippen LogP contribution in [-0.2, 0) is 16.1 Å². The number of halogens is 1. The van der Waals surface area contributed by atoms with Crippen molar-refractivity contribution in [2.45, 2.75) is 44.7 Å². The van der Waals surface area contributed by atoms with Gasteiger partial charge in [0.25, 0.3) is 0 Å². The zero-order valence-electron chi connectivity index (χ0n) is 11.8. The van der Waals surface area contributed by atoms with E-state index in [0.29, 0.717) is 16.8 Å². The third-order valence-corrected chi connectivity index (χ3v) is 5.61. The number of rotatable bonds is 3. The van der Waals surface area contributed by atoms with E-state index in [4.69, 9.17) is 11.6 Å². The van der Waals surface area contributed by atoms with E-state index in [1.54, 1.807) is 4.90 Å². The van der Waals surface area contributed by atoms with Crippen LogP contribution in [0.4, 0.5) is 0 Å². The zero-order chi connectivity index (χ0) is 14.8. The Balaban J connectivity index is 1.81. The Morgan fingerprint density at radius 3 is 2.67 bits per heavy atom. The molecule has 1 aromatic rings. The molecule has 4 nitrogen and oxygen atoms in total. The second kappa shape index (κ2) is 6.36. The lowest BCUT2D eigenvalue weighted by Crippen LogP contribution is -2.60. The Morgan fingerprint density at radius 1 is 1.24 bits per heavy atom. The number of nitrogens with zero attached hydrogens (tertiary/aromatic N) is 1. The van der Waals surface area contributed by atoms with Gasteiger partial charge in [0.05, 0.1) is 17.4 Å². The average molecular weight is 327 g/mol. The van der Waals surface area contributed by atoms with Crippen molar-refractivity contribution in [3.63, 3.8) is 0 Å². The molecule has 0 bridgehead atoms. The molecule has 1 N–H and O–H groups in total. The first-order valence-corrected chi connectivity index (χ1v) is 8.66. The molecule has 2 fully saturated rings. The smallest absolute Gasteiger partial charge is 0.243 e. The summed E-state index contributed by atoms with van der Waals surface area (Å²) in [6, 6.07) is 3.46. The monoisotopic (exact) mass is 326 g/mol. The number of hydrogen-bond acceptors (Lipinski definition) is 3. The van der Waals surface area contributed by atoms with E-state index in [1.165, 1.54) is 17.8 Å². The van der Waals surface area contributed by atoms with Crippen molar-refractivity contribution in [1.82, 2.24) is 10.2 Å². The highest BCUT2D eigenvalue weighted by molar-refractivity contribution is 7.16. The summed E-state index contributed by atoms with van der Waals surface area (Å²) in [6.07, 6.45) is 5.61. The lowest BCUT2D eigenvalue weighted by Gasteiger charge is -2.40. The van der Waals surface area contributed by atoms with Gasteiger partial charge in [0.15, 0.2) is 0 Å². The molecule has 0 aromatic carbocycles. The molecule has 6 heteroatoms. The van der Waals surface area contributed by atoms with Gasteiger partial charge in [-0.05, 0) is 30.9 Å². The fourth-order valence-electron chi connectivity index (χ4n) is 3.38. The van der Waals surface area contributed by atoms with E-state index >= 15 is 0 Å². The third-order valence-electron chi connectivity index (χ3n) is 4.39. The van der Waals surface area contributed by atoms with E-state index in [2.05, 4.69) is 5.32 Å². The van der Waals surface area contributed by atoms with Crippen LogP contribution in [0.25, 0.3) is 0 Å². The van der Waals surface area contributed by atoms with Crippen LogP contribution in [0.5, 0.6) is 0 Å². The Hall–Kier alpha value is -1.07. The molecule has 1 saturated heterocycles. The van der Waals surface area contributed by atoms with Gasteiger partial charge in [0, 0.05) is 4.88 Å². The molecule has 2 amide bonds. The molecule has 1 unspecified atom stereocenters. The van der Waals surface area contributed by atoms with Gasteiger partial charge in [-0.3, -0.25) is 9.59 Å². The summed E-state index contributed by atoms with van der Waals surface area (Å²) >= 11 is 7.44. The van der Waals surface area contributed by atoms with Gasteiger partial charge in [0.2, 0.25) is 11.8 Å². The average Bonchev–Trinajstić information content (AvgIpc) is 2.89. The van der Waals surface area contributed by atoms with Gasteiger partial charge in [-0.25, -0.2) is 0 Å². The number of piperazine rings is 1. The summed E-state index contributed by atoms with van der Waals surface area (Å²) in [5.74, 6) is 0.303. The van der Waals surface area contributed by atoms with Crippen molar-refractivity contribution in [3.05, 3.63) is 21.3 Å². The number of carbonyl (C=O) groups is 2. The Bertz CT molecular complexity index is 540. The van der Waals surface area contributed by atoms with Gasteiger partial charge < -0.3 is 10.2 Å². The van der Waals surface area contributed by atoms with Gasteiger partial charge in [-0.15, -0.1) is 11.3 Å². The fraction of sp³-hybridized carbons (Fsp3) is 0.600. The van der Waals surface area contributed by atoms with E-state index in [9.17, 15) is 9.59 Å². The Morgan fingerprint density at radius 2 is 2.00 bits per heavy atom. The van der Waals surface area contributed by atoms with Crippen LogP contribution in [0, 0.1) is 5.92 Å². The zero-order valence-corrected chi connectivity index (χ0v) is 13.4. The van der Waals surface area contributed by atoms with E-state index in [0.717, 1.165) is 30.6 Å². The summed E-state index contributed by atoms with van der Waals surface area (Å²) < 4.78 is 0.716. The molecule has 1 aliphatic carbocycles. The second-order valence-electron chi connectivity index (χ2n) is 5.79. The molecule has 3 rings (SSSR count). The molecular formula is C15H19ClN2O2S. The van der Waals surface area contributed by atoms with Crippen molar-refractivity contribution in [2.24, 2.45) is 5.92 Å². The lowest BCUT2D eigenvalue weighted by molar-refractivity contribution is -0.149. The summed E-state index contributed by atoms with van der Waals surface area (Å²) in [5, 5.41) is 2.75. The van der Waals surface area contributed by atoms with Crippen LogP contribution in [0.15, 0.2) is 12.1 Å². The van der Waals surface area contributed by atoms with Crippen molar-refractivity contribution in [3.8, 4) is 0 Å². The van der Waals surface area contributed by atoms with Crippen LogP contribution in [0.2, 0.25) is 4.34 Å². The topological polar surface area (TPSA) is 49.4 Å². The van der Waals surface area contributed by atoms with E-state index in [-0.39, 0.29) is 24.4 Å². The normalized spacial score (nSPS) is 24.2. The van der Waals surface area contributed by atoms with E-state index in [1.807, 2.05) is 12.1 Å². The minimum absolute atomic E-state index is 0.00385. The molecular weight excluding hydrogens is 308 g/mol. The summed E-state index contributed by atoms with van der Waals surface area (Å²) in [7, 11) is 0. The minimum atomic E-state index is -0.313. The maximum absolute atomic E-state index is 12.3. The molecule has 114 valence electrons. The number of carbonyl (C=O) groups excluding carboxylic acids is 2. The number of amides is 2. The third kappa shape index (κ3) is 3.24. The molecule has 0 radical (unpaired) electrons. The van der Waals surface area contributed by atoms with Crippen molar-refractivity contribution in [2.75, 3.05) is 6.54 Å². The maximum atomic E-state index is 12.3. The first kappa shape index (κ1) is 14.9. The van der Waals surface area contributed by atoms with E-state index < -0.39 is 0 Å². The Labute approximate surface area is 133 Å². The fourth-order valence-corrected chi connectivity index (χ4v) is 4.46. The number of thiophene rings is 1. The molecule has 1 aliphatic heterocycles. The summed E-state index contributed by atoms with van der Waals surface area (Å²) in [5.41, 5.74) is 0. The highest BCUT2D eigenvalue weighted by Gasteiger charge is 2.40. The number of hydrogen-bond donors (Lipinski definition) is 1. The first-order chi connectivity index (χ1) is 10.1. The largest absolute Gasteiger partial charge is 0.345 e. The van der Waals surface area contributed by atoms with Crippen molar-refractivity contribution in [1.29, 1.82) is 0 Å². The minimum Gasteiger partial charge on any atom is -0.345 e. The Kier molecular flexibility index (Phi) is 4.50. The highest BCUT2D eigenvalue weighted by atomic mass is 35.5. The van der Waals surface area contributed by atoms with Gasteiger partial charge in [0.1, 0.15) is 6.04 Å². The molecule has 2 aliphatic rings. The van der Waals surface area contributed by atoms with Crippen LogP contribution >= 0.6 is 22.9 Å². The predicted molar refractivity (Wildman–Crippen MR) is 83.3 cm³/mol. The second-order valence-corrected chi connectivity index (χ2v) is 7.59. The van der Waals surface area contributed by atoms with Gasteiger partial charge >= 0.3 is 0 Å². The maximum Gasteiger partial charge on any atom is 0.243 e. The molecule has 1 aromatic heterocycles. The van der Waals surface area contributed by atoms with Crippen molar-refractivity contribution >= 4 is 34.8 Å². The highest BCUT2D eigenvalue weighted by Crippen LogP contribution is 2.32. The summed E-state index contributed by atoms with van der Waals surface area (Å²) in [4.78, 5) is 27.4. The first-order valence-electron chi connectivity index (χ1n) is 7.46. The van der Waals surface area contributed by atoms with Crippen LogP contribution in [0.3, 0.4) is 0 Å².